The number of hydrogen-bond acceptors (Lipinski definition) is 7. The molecule has 4 rings (SSSR count). The first kappa shape index (κ1) is 18.6. The van der Waals surface area contributed by atoms with Gasteiger partial charge in [0, 0.05) is 6.54 Å². The third-order valence-electron chi connectivity index (χ3n) is 4.79. The SMILES string of the molecule is O=C(CSc1nnnn1C1CCCC1)NCc1ccc(Cn2cncn2)cc1. The molecule has 1 fully saturated rings. The normalized spacial score (nSPS) is 14.4. The molecule has 0 radical (unpaired) electrons. The average Bonchev–Trinajstić information content (AvgIpc) is 3.47. The Hall–Kier alpha value is -2.75. The summed E-state index contributed by atoms with van der Waals surface area (Å²) in [5.74, 6) is 0.273. The number of amides is 1. The summed E-state index contributed by atoms with van der Waals surface area (Å²) >= 11 is 1.39. The van der Waals surface area contributed by atoms with Gasteiger partial charge in [-0.3, -0.25) is 4.79 Å². The molecule has 0 bridgehead atoms. The van der Waals surface area contributed by atoms with Crippen LogP contribution >= 0.6 is 11.8 Å². The number of tetrazole rings is 1. The van der Waals surface area contributed by atoms with Gasteiger partial charge in [-0.2, -0.15) is 5.10 Å². The second-order valence-electron chi connectivity index (χ2n) is 6.82. The van der Waals surface area contributed by atoms with Crippen LogP contribution in [0.15, 0.2) is 42.1 Å². The first-order chi connectivity index (χ1) is 13.8. The zero-order valence-electron chi connectivity index (χ0n) is 15.4. The van der Waals surface area contributed by atoms with Crippen LogP contribution in [0.3, 0.4) is 0 Å². The summed E-state index contributed by atoms with van der Waals surface area (Å²) in [6.07, 6.45) is 7.86. The first-order valence-electron chi connectivity index (χ1n) is 9.35. The van der Waals surface area contributed by atoms with Crippen LogP contribution in [0.4, 0.5) is 0 Å². The van der Waals surface area contributed by atoms with Crippen LogP contribution in [-0.4, -0.2) is 46.6 Å². The molecule has 0 aliphatic heterocycles. The largest absolute Gasteiger partial charge is 0.351 e. The van der Waals surface area contributed by atoms with Gasteiger partial charge < -0.3 is 5.32 Å². The van der Waals surface area contributed by atoms with E-state index < -0.39 is 0 Å². The lowest BCUT2D eigenvalue weighted by atomic mass is 10.1. The van der Waals surface area contributed by atoms with Gasteiger partial charge in [0.1, 0.15) is 12.7 Å². The van der Waals surface area contributed by atoms with Crippen molar-refractivity contribution in [2.24, 2.45) is 0 Å². The molecule has 2 heterocycles. The molecule has 9 nitrogen and oxygen atoms in total. The minimum Gasteiger partial charge on any atom is -0.351 e. The number of rotatable bonds is 8. The lowest BCUT2D eigenvalue weighted by molar-refractivity contribution is -0.118. The van der Waals surface area contributed by atoms with Crippen LogP contribution in [0.2, 0.25) is 0 Å². The van der Waals surface area contributed by atoms with Gasteiger partial charge in [0.25, 0.3) is 0 Å². The highest BCUT2D eigenvalue weighted by atomic mass is 32.2. The van der Waals surface area contributed by atoms with E-state index >= 15 is 0 Å². The van der Waals surface area contributed by atoms with Gasteiger partial charge in [-0.15, -0.1) is 5.10 Å². The van der Waals surface area contributed by atoms with Crippen LogP contribution in [0.1, 0.15) is 42.9 Å². The van der Waals surface area contributed by atoms with E-state index in [0.717, 1.165) is 29.1 Å². The molecule has 28 heavy (non-hydrogen) atoms. The second-order valence-corrected chi connectivity index (χ2v) is 7.76. The maximum atomic E-state index is 12.2. The lowest BCUT2D eigenvalue weighted by Gasteiger charge is -2.10. The number of aromatic nitrogens is 7. The summed E-state index contributed by atoms with van der Waals surface area (Å²) in [4.78, 5) is 16.1. The number of carbonyl (C=O) groups is 1. The van der Waals surface area contributed by atoms with Crippen molar-refractivity contribution in [3.8, 4) is 0 Å². The molecule has 1 aliphatic rings. The second kappa shape index (κ2) is 8.96. The Labute approximate surface area is 166 Å². The quantitative estimate of drug-likeness (QED) is 0.577. The number of carbonyl (C=O) groups excluding carboxylic acids is 1. The third kappa shape index (κ3) is 4.75. The molecule has 10 heteroatoms. The van der Waals surface area contributed by atoms with Crippen molar-refractivity contribution in [1.29, 1.82) is 0 Å². The number of nitrogens with zero attached hydrogens (tertiary/aromatic N) is 7. The molecule has 146 valence electrons. The van der Waals surface area contributed by atoms with E-state index in [-0.39, 0.29) is 5.91 Å². The fraction of sp³-hybridized carbons (Fsp3) is 0.444. The topological polar surface area (TPSA) is 103 Å². The van der Waals surface area contributed by atoms with Crippen LogP contribution in [-0.2, 0) is 17.9 Å². The molecule has 0 unspecified atom stereocenters. The Morgan fingerprint density at radius 1 is 1.18 bits per heavy atom. The van der Waals surface area contributed by atoms with Gasteiger partial charge in [-0.1, -0.05) is 48.9 Å². The number of thioether (sulfide) groups is 1. The van der Waals surface area contributed by atoms with E-state index in [4.69, 9.17) is 0 Å². The summed E-state index contributed by atoms with van der Waals surface area (Å²) in [6, 6.07) is 8.47. The Bertz CT molecular complexity index is 887. The van der Waals surface area contributed by atoms with Gasteiger partial charge in [0.15, 0.2) is 0 Å². The molecule has 0 atom stereocenters. The Kier molecular flexibility index (Phi) is 5.95. The zero-order valence-corrected chi connectivity index (χ0v) is 16.3. The van der Waals surface area contributed by atoms with E-state index in [0.29, 0.717) is 24.9 Å². The Morgan fingerprint density at radius 2 is 1.96 bits per heavy atom. The molecular formula is C18H22N8OS. The van der Waals surface area contributed by atoms with Crippen molar-refractivity contribution >= 4 is 17.7 Å². The van der Waals surface area contributed by atoms with Gasteiger partial charge in [0.05, 0.1) is 18.3 Å². The molecule has 3 aromatic rings. The van der Waals surface area contributed by atoms with E-state index in [1.165, 1.54) is 30.9 Å². The summed E-state index contributed by atoms with van der Waals surface area (Å²) in [7, 11) is 0. The molecule has 1 saturated carbocycles. The van der Waals surface area contributed by atoms with Crippen LogP contribution in [0, 0.1) is 0 Å². The maximum Gasteiger partial charge on any atom is 0.230 e. The Morgan fingerprint density at radius 3 is 2.71 bits per heavy atom. The number of nitrogens with one attached hydrogen (secondary N) is 1. The van der Waals surface area contributed by atoms with Gasteiger partial charge in [-0.05, 0) is 34.4 Å². The highest BCUT2D eigenvalue weighted by molar-refractivity contribution is 7.99. The predicted molar refractivity (Wildman–Crippen MR) is 103 cm³/mol. The smallest absolute Gasteiger partial charge is 0.230 e. The average molecular weight is 398 g/mol. The third-order valence-corrected chi connectivity index (χ3v) is 5.72. The van der Waals surface area contributed by atoms with Crippen molar-refractivity contribution in [2.75, 3.05) is 5.75 Å². The molecule has 0 spiro atoms. The van der Waals surface area contributed by atoms with Crippen LogP contribution in [0.25, 0.3) is 0 Å². The van der Waals surface area contributed by atoms with E-state index in [2.05, 4.69) is 30.9 Å². The summed E-state index contributed by atoms with van der Waals surface area (Å²) in [5, 5.41) is 19.7. The standard InChI is InChI=1S/C18H22N8OS/c27-17(11-28-18-22-23-24-26(18)16-3-1-2-4-16)20-9-14-5-7-15(8-6-14)10-25-13-19-12-21-25/h5-8,12-13,16H,1-4,9-11H2,(H,20,27). The summed E-state index contributed by atoms with van der Waals surface area (Å²) in [5.41, 5.74) is 2.19. The molecule has 2 aromatic heterocycles. The summed E-state index contributed by atoms with van der Waals surface area (Å²) in [6.45, 7) is 1.18. The maximum absolute atomic E-state index is 12.2. The fourth-order valence-electron chi connectivity index (χ4n) is 3.30. The van der Waals surface area contributed by atoms with Crippen molar-refractivity contribution in [2.45, 2.75) is 50.0 Å². The molecule has 0 saturated heterocycles. The van der Waals surface area contributed by atoms with Crippen molar-refractivity contribution in [1.82, 2.24) is 40.3 Å². The minimum absolute atomic E-state index is 0.0299. The highest BCUT2D eigenvalue weighted by Crippen LogP contribution is 2.31. The summed E-state index contributed by atoms with van der Waals surface area (Å²) < 4.78 is 3.64. The molecule has 1 amide bonds. The minimum atomic E-state index is -0.0299. The van der Waals surface area contributed by atoms with Gasteiger partial charge in [0.2, 0.25) is 11.1 Å². The first-order valence-corrected chi connectivity index (χ1v) is 10.3. The van der Waals surface area contributed by atoms with E-state index in [1.807, 2.05) is 28.9 Å². The fourth-order valence-corrected chi connectivity index (χ4v) is 4.08. The number of hydrogen-bond donors (Lipinski definition) is 1. The van der Waals surface area contributed by atoms with Gasteiger partial charge >= 0.3 is 0 Å². The highest BCUT2D eigenvalue weighted by Gasteiger charge is 2.22. The molecular weight excluding hydrogens is 376 g/mol. The van der Waals surface area contributed by atoms with Gasteiger partial charge in [-0.25, -0.2) is 14.3 Å². The molecule has 1 aliphatic carbocycles. The van der Waals surface area contributed by atoms with E-state index in [1.54, 1.807) is 11.0 Å². The van der Waals surface area contributed by atoms with Crippen molar-refractivity contribution in [3.05, 3.63) is 48.0 Å². The Balaban J connectivity index is 1.23. The van der Waals surface area contributed by atoms with Crippen molar-refractivity contribution in [3.63, 3.8) is 0 Å². The van der Waals surface area contributed by atoms with E-state index in [9.17, 15) is 4.79 Å². The molecule has 1 N–H and O–H groups in total. The number of benzene rings is 1. The lowest BCUT2D eigenvalue weighted by Crippen LogP contribution is -2.24. The zero-order chi connectivity index (χ0) is 19.2. The van der Waals surface area contributed by atoms with Crippen molar-refractivity contribution < 1.29 is 4.79 Å². The van der Waals surface area contributed by atoms with Crippen LogP contribution < -0.4 is 5.32 Å². The monoisotopic (exact) mass is 398 g/mol. The van der Waals surface area contributed by atoms with Crippen LogP contribution in [0.5, 0.6) is 0 Å². The molecule has 1 aromatic carbocycles. The predicted octanol–water partition coefficient (Wildman–Crippen LogP) is 1.84.